The topological polar surface area (TPSA) is 73.6 Å². The molecule has 0 saturated carbocycles. The van der Waals surface area contributed by atoms with E-state index in [1.54, 1.807) is 12.1 Å². The molecule has 0 unspecified atom stereocenters. The summed E-state index contributed by atoms with van der Waals surface area (Å²) in [7, 11) is 0. The Kier molecular flexibility index (Phi) is 9.62. The molecule has 0 radical (unpaired) electrons. The van der Waals surface area contributed by atoms with E-state index in [1.807, 2.05) is 13.0 Å². The second kappa shape index (κ2) is 10.3. The van der Waals surface area contributed by atoms with Crippen molar-refractivity contribution >= 4 is 29.9 Å². The third-order valence-corrected chi connectivity index (χ3v) is 2.63. The van der Waals surface area contributed by atoms with Crippen molar-refractivity contribution in [1.29, 1.82) is 0 Å². The molecule has 21 heavy (non-hydrogen) atoms. The van der Waals surface area contributed by atoms with E-state index in [4.69, 9.17) is 26.8 Å². The Labute approximate surface area is 135 Å². The Balaban J connectivity index is 0.00000400. The van der Waals surface area contributed by atoms with Gasteiger partial charge in [-0.2, -0.15) is 0 Å². The fraction of sp³-hybridized carbons (Fsp3) is 0.357. The summed E-state index contributed by atoms with van der Waals surface area (Å²) in [4.78, 5) is 10.8. The number of primary amides is 1. The molecule has 3 N–H and O–H groups in total. The number of carbonyl (C=O) groups is 1. The zero-order valence-corrected chi connectivity index (χ0v) is 13.4. The number of hydrogen-bond donors (Lipinski definition) is 2. The lowest BCUT2D eigenvalue weighted by Gasteiger charge is -2.14. The second-order valence-electron chi connectivity index (χ2n) is 4.01. The molecule has 0 bridgehead atoms. The minimum Gasteiger partial charge on any atom is -0.490 e. The van der Waals surface area contributed by atoms with Gasteiger partial charge in [-0.25, -0.2) is 0 Å². The lowest BCUT2D eigenvalue weighted by Crippen LogP contribution is -2.20. The van der Waals surface area contributed by atoms with Crippen LogP contribution in [0.1, 0.15) is 12.5 Å². The summed E-state index contributed by atoms with van der Waals surface area (Å²) in [5.41, 5.74) is 6.01. The van der Waals surface area contributed by atoms with Gasteiger partial charge >= 0.3 is 0 Å². The van der Waals surface area contributed by atoms with E-state index < -0.39 is 5.91 Å². The van der Waals surface area contributed by atoms with Gasteiger partial charge in [0.25, 0.3) is 5.91 Å². The summed E-state index contributed by atoms with van der Waals surface area (Å²) < 4.78 is 10.8. The highest BCUT2D eigenvalue weighted by Crippen LogP contribution is 2.36. The largest absolute Gasteiger partial charge is 0.490 e. The molecule has 7 heteroatoms. The van der Waals surface area contributed by atoms with E-state index in [2.05, 4.69) is 11.9 Å². The van der Waals surface area contributed by atoms with Crippen LogP contribution in [0, 0.1) is 0 Å². The van der Waals surface area contributed by atoms with Crippen LogP contribution in [0.2, 0.25) is 5.02 Å². The van der Waals surface area contributed by atoms with Crippen molar-refractivity contribution in [1.82, 2.24) is 5.32 Å². The van der Waals surface area contributed by atoms with Gasteiger partial charge in [-0.15, -0.1) is 19.0 Å². The maximum atomic E-state index is 10.8. The number of hydrogen-bond acceptors (Lipinski definition) is 4. The van der Waals surface area contributed by atoms with Crippen LogP contribution < -0.4 is 20.5 Å². The molecule has 1 rings (SSSR count). The number of halogens is 2. The normalized spacial score (nSPS) is 9.62. The van der Waals surface area contributed by atoms with Gasteiger partial charge in [0.05, 0.1) is 11.6 Å². The van der Waals surface area contributed by atoms with Gasteiger partial charge in [0, 0.05) is 13.1 Å². The molecular weight excluding hydrogens is 315 g/mol. The van der Waals surface area contributed by atoms with Gasteiger partial charge in [0.1, 0.15) is 0 Å². The summed E-state index contributed by atoms with van der Waals surface area (Å²) in [6.07, 6.45) is 1.77. The summed E-state index contributed by atoms with van der Waals surface area (Å²) in [6, 6.07) is 3.58. The van der Waals surface area contributed by atoms with Crippen LogP contribution >= 0.6 is 24.0 Å². The monoisotopic (exact) mass is 334 g/mol. The predicted octanol–water partition coefficient (Wildman–Crippen LogP) is 2.30. The van der Waals surface area contributed by atoms with Gasteiger partial charge in [-0.05, 0) is 24.6 Å². The summed E-state index contributed by atoms with van der Waals surface area (Å²) >= 11 is 6.16. The van der Waals surface area contributed by atoms with Crippen LogP contribution in [-0.2, 0) is 11.3 Å². The number of nitrogens with one attached hydrogen (secondary N) is 1. The highest BCUT2D eigenvalue weighted by atomic mass is 35.5. The quantitative estimate of drug-likeness (QED) is 0.536. The summed E-state index contributed by atoms with van der Waals surface area (Å²) in [5.74, 6) is 0.261. The van der Waals surface area contributed by atoms with Gasteiger partial charge in [0.2, 0.25) is 0 Å². The molecule has 0 aliphatic carbocycles. The maximum absolute atomic E-state index is 10.8. The van der Waals surface area contributed by atoms with Crippen LogP contribution in [0.3, 0.4) is 0 Å². The van der Waals surface area contributed by atoms with E-state index in [9.17, 15) is 4.79 Å². The SMILES string of the molecule is C=CCNCc1cc(Cl)c(OCC(N)=O)c(OCC)c1.Cl. The molecule has 0 aromatic heterocycles. The van der Waals surface area contributed by atoms with Gasteiger partial charge in [-0.3, -0.25) is 4.79 Å². The van der Waals surface area contributed by atoms with Gasteiger partial charge in [0.15, 0.2) is 18.1 Å². The van der Waals surface area contributed by atoms with Crippen molar-refractivity contribution < 1.29 is 14.3 Å². The molecule has 1 amide bonds. The standard InChI is InChI=1S/C14H19ClN2O3.ClH/c1-3-5-17-8-10-6-11(15)14(20-9-13(16)18)12(7-10)19-4-2;/h3,6-7,17H,1,4-5,8-9H2,2H3,(H2,16,18);1H. The highest BCUT2D eigenvalue weighted by Gasteiger charge is 2.13. The maximum Gasteiger partial charge on any atom is 0.255 e. The summed E-state index contributed by atoms with van der Waals surface area (Å²) in [5, 5.41) is 3.55. The predicted molar refractivity (Wildman–Crippen MR) is 86.5 cm³/mol. The third kappa shape index (κ3) is 6.71. The fourth-order valence-corrected chi connectivity index (χ4v) is 1.88. The van der Waals surface area contributed by atoms with E-state index in [0.717, 1.165) is 5.56 Å². The molecule has 0 spiro atoms. The minimum absolute atomic E-state index is 0. The van der Waals surface area contributed by atoms with Crippen molar-refractivity contribution in [2.24, 2.45) is 5.73 Å². The molecule has 118 valence electrons. The van der Waals surface area contributed by atoms with Crippen LogP contribution in [-0.4, -0.2) is 25.7 Å². The zero-order chi connectivity index (χ0) is 15.0. The lowest BCUT2D eigenvalue weighted by atomic mass is 10.2. The Hall–Kier alpha value is -1.43. The number of rotatable bonds is 9. The molecule has 0 aliphatic rings. The van der Waals surface area contributed by atoms with E-state index in [0.29, 0.717) is 36.2 Å². The number of amides is 1. The van der Waals surface area contributed by atoms with Crippen molar-refractivity contribution in [3.8, 4) is 11.5 Å². The third-order valence-electron chi connectivity index (χ3n) is 2.35. The van der Waals surface area contributed by atoms with Crippen LogP contribution in [0.25, 0.3) is 0 Å². The smallest absolute Gasteiger partial charge is 0.255 e. The molecule has 0 saturated heterocycles. The Morgan fingerprint density at radius 1 is 1.48 bits per heavy atom. The molecule has 0 aliphatic heterocycles. The molecule has 0 fully saturated rings. The highest BCUT2D eigenvalue weighted by molar-refractivity contribution is 6.32. The first kappa shape index (κ1) is 19.6. The molecule has 0 heterocycles. The molecule has 0 atom stereocenters. The van der Waals surface area contributed by atoms with Crippen molar-refractivity contribution in [3.05, 3.63) is 35.4 Å². The van der Waals surface area contributed by atoms with Crippen molar-refractivity contribution in [3.63, 3.8) is 0 Å². The average molecular weight is 335 g/mol. The number of ether oxygens (including phenoxy) is 2. The van der Waals surface area contributed by atoms with Crippen LogP contribution in [0.15, 0.2) is 24.8 Å². The van der Waals surface area contributed by atoms with E-state index in [-0.39, 0.29) is 19.0 Å². The second-order valence-corrected chi connectivity index (χ2v) is 4.42. The van der Waals surface area contributed by atoms with Gasteiger partial charge in [-0.1, -0.05) is 17.7 Å². The summed E-state index contributed by atoms with van der Waals surface area (Å²) in [6.45, 7) is 7.04. The first-order valence-electron chi connectivity index (χ1n) is 6.26. The van der Waals surface area contributed by atoms with Crippen molar-refractivity contribution in [2.45, 2.75) is 13.5 Å². The fourth-order valence-electron chi connectivity index (χ4n) is 1.59. The Morgan fingerprint density at radius 3 is 2.76 bits per heavy atom. The number of carbonyl (C=O) groups excluding carboxylic acids is 1. The van der Waals surface area contributed by atoms with Crippen molar-refractivity contribution in [2.75, 3.05) is 19.8 Å². The minimum atomic E-state index is -0.569. The number of nitrogens with two attached hydrogens (primary N) is 1. The number of benzene rings is 1. The Morgan fingerprint density at radius 2 is 2.19 bits per heavy atom. The molecule has 5 nitrogen and oxygen atoms in total. The lowest BCUT2D eigenvalue weighted by molar-refractivity contribution is -0.119. The van der Waals surface area contributed by atoms with Crippen LogP contribution in [0.5, 0.6) is 11.5 Å². The first-order valence-corrected chi connectivity index (χ1v) is 6.64. The Bertz CT molecular complexity index is 482. The van der Waals surface area contributed by atoms with Gasteiger partial charge < -0.3 is 20.5 Å². The molecular formula is C14H20Cl2N2O3. The van der Waals surface area contributed by atoms with E-state index in [1.165, 1.54) is 0 Å². The van der Waals surface area contributed by atoms with Crippen LogP contribution in [0.4, 0.5) is 0 Å². The van der Waals surface area contributed by atoms with E-state index >= 15 is 0 Å². The first-order chi connectivity index (χ1) is 9.58. The molecule has 1 aromatic carbocycles. The molecule has 1 aromatic rings. The average Bonchev–Trinajstić information content (AvgIpc) is 2.38. The zero-order valence-electron chi connectivity index (χ0n) is 11.9.